The number of ketones is 6. The average Bonchev–Trinajstić information content (AvgIpc) is 3.40. The summed E-state index contributed by atoms with van der Waals surface area (Å²) >= 11 is 0. The minimum absolute atomic E-state index is 0.00662. The maximum absolute atomic E-state index is 11.9. The van der Waals surface area contributed by atoms with E-state index in [2.05, 4.69) is 0 Å². The Hall–Kier alpha value is -10.0. The van der Waals surface area contributed by atoms with Gasteiger partial charge >= 0.3 is 0 Å². The summed E-state index contributed by atoms with van der Waals surface area (Å²) in [6, 6.07) is 33.2. The number of phenolic OH excluding ortho intramolecular Hbond substituents is 6. The highest BCUT2D eigenvalue weighted by Crippen LogP contribution is 2.29. The normalized spacial score (nSPS) is 11.1. The second-order valence-corrected chi connectivity index (χ2v) is 15.9. The van der Waals surface area contributed by atoms with Crippen molar-refractivity contribution in [2.75, 3.05) is 21.3 Å². The molecule has 0 aliphatic carbocycles. The van der Waals surface area contributed by atoms with Gasteiger partial charge in [-0.05, 0) is 143 Å². The van der Waals surface area contributed by atoms with Gasteiger partial charge in [-0.3, -0.25) is 28.8 Å². The van der Waals surface area contributed by atoms with Gasteiger partial charge in [-0.25, -0.2) is 0 Å². The van der Waals surface area contributed by atoms with Gasteiger partial charge in [0, 0.05) is 0 Å². The molecular weight excluding hydrogens is 961 g/mol. The smallest absolute Gasteiger partial charge is 0.163 e. The van der Waals surface area contributed by atoms with E-state index in [1.807, 2.05) is 0 Å². The van der Waals surface area contributed by atoms with Crippen molar-refractivity contribution < 1.29 is 73.6 Å². The Balaban J connectivity index is 0.000000244. The van der Waals surface area contributed by atoms with E-state index in [0.29, 0.717) is 33.9 Å². The number of hydrogen-bond donors (Lipinski definition) is 6. The highest BCUT2D eigenvalue weighted by Gasteiger charge is 2.08. The van der Waals surface area contributed by atoms with Crippen molar-refractivity contribution in [3.8, 4) is 51.7 Å². The molecule has 0 fully saturated rings. The minimum Gasteiger partial charge on any atom is -0.508 e. The van der Waals surface area contributed by atoms with Crippen LogP contribution < -0.4 is 14.2 Å². The lowest BCUT2D eigenvalue weighted by Gasteiger charge is -2.03. The number of ether oxygens (including phenoxy) is 3. The molecule has 6 N–H and O–H groups in total. The van der Waals surface area contributed by atoms with E-state index in [9.17, 15) is 49.2 Å². The van der Waals surface area contributed by atoms with Crippen molar-refractivity contribution >= 4 is 71.2 Å². The second-order valence-electron chi connectivity index (χ2n) is 15.9. The van der Waals surface area contributed by atoms with Crippen LogP contribution >= 0.6 is 0 Å². The van der Waals surface area contributed by atoms with Gasteiger partial charge in [-0.2, -0.15) is 0 Å². The van der Waals surface area contributed by atoms with E-state index in [1.54, 1.807) is 109 Å². The molecule has 15 nitrogen and oxygen atoms in total. The zero-order chi connectivity index (χ0) is 54.7. The Labute approximate surface area is 432 Å². The molecule has 15 heteroatoms. The van der Waals surface area contributed by atoms with Gasteiger partial charge in [0.15, 0.2) is 69.2 Å². The third kappa shape index (κ3) is 21.5. The van der Waals surface area contributed by atoms with Crippen LogP contribution in [0.3, 0.4) is 0 Å². The first-order valence-electron chi connectivity index (χ1n) is 22.7. The average molecular weight is 1020 g/mol. The molecule has 75 heavy (non-hydrogen) atoms. The molecule has 0 saturated carbocycles. The topological polar surface area (TPSA) is 251 Å². The van der Waals surface area contributed by atoms with Crippen LogP contribution in [0.2, 0.25) is 0 Å². The maximum Gasteiger partial charge on any atom is 0.163 e. The molecule has 0 bridgehead atoms. The number of phenols is 6. The number of carbonyl (C=O) groups excluding carboxylic acids is 6. The number of benzene rings is 6. The maximum atomic E-state index is 11.9. The summed E-state index contributed by atoms with van der Waals surface area (Å²) in [7, 11) is 4.30. The van der Waals surface area contributed by atoms with Crippen LogP contribution in [0.4, 0.5) is 0 Å². The molecule has 0 saturated heterocycles. The highest BCUT2D eigenvalue weighted by atomic mass is 16.5. The number of hydrogen-bond acceptors (Lipinski definition) is 15. The number of methoxy groups -OCH3 is 3. The van der Waals surface area contributed by atoms with Crippen LogP contribution in [-0.4, -0.2) is 86.7 Å². The van der Waals surface area contributed by atoms with Crippen molar-refractivity contribution in [3.63, 3.8) is 0 Å². The van der Waals surface area contributed by atoms with Crippen molar-refractivity contribution in [1.82, 2.24) is 0 Å². The number of aromatic hydroxyl groups is 6. The highest BCUT2D eigenvalue weighted by molar-refractivity contribution is 6.12. The molecule has 6 aromatic carbocycles. The molecule has 0 unspecified atom stereocenters. The monoisotopic (exact) mass is 1010 g/mol. The fraction of sp³-hybridized carbons (Fsp3) is 0.100. The number of allylic oxidation sites excluding steroid dienone is 6. The van der Waals surface area contributed by atoms with Gasteiger partial charge in [-0.1, -0.05) is 91.1 Å². The van der Waals surface area contributed by atoms with E-state index in [0.717, 1.165) is 16.7 Å². The second kappa shape index (κ2) is 30.0. The molecule has 384 valence electrons. The van der Waals surface area contributed by atoms with Crippen molar-refractivity contribution in [3.05, 3.63) is 197 Å². The lowest BCUT2D eigenvalue weighted by molar-refractivity contribution is -0.123. The van der Waals surface area contributed by atoms with Crippen LogP contribution in [0.15, 0.2) is 164 Å². The molecule has 0 aliphatic rings. The van der Waals surface area contributed by atoms with Gasteiger partial charge in [0.05, 0.1) is 40.6 Å². The van der Waals surface area contributed by atoms with E-state index in [1.165, 1.54) is 112 Å². The quantitative estimate of drug-likeness (QED) is 0.0290. The summed E-state index contributed by atoms with van der Waals surface area (Å²) in [5.41, 5.74) is 4.29. The van der Waals surface area contributed by atoms with Crippen molar-refractivity contribution in [2.45, 2.75) is 19.3 Å². The lowest BCUT2D eigenvalue weighted by Crippen LogP contribution is -2.01. The van der Waals surface area contributed by atoms with Crippen molar-refractivity contribution in [2.24, 2.45) is 0 Å². The van der Waals surface area contributed by atoms with Gasteiger partial charge < -0.3 is 44.8 Å². The fourth-order valence-electron chi connectivity index (χ4n) is 6.15. The zero-order valence-electron chi connectivity index (χ0n) is 41.0. The Morgan fingerprint density at radius 2 is 0.493 bits per heavy atom. The van der Waals surface area contributed by atoms with Crippen LogP contribution in [-0.2, 0) is 28.8 Å². The first-order chi connectivity index (χ1) is 35.9. The van der Waals surface area contributed by atoms with E-state index in [-0.39, 0.29) is 88.5 Å². The van der Waals surface area contributed by atoms with Gasteiger partial charge in [0.1, 0.15) is 17.2 Å². The Morgan fingerprint density at radius 3 is 0.693 bits per heavy atom. The van der Waals surface area contributed by atoms with Gasteiger partial charge in [0.25, 0.3) is 0 Å². The van der Waals surface area contributed by atoms with E-state index >= 15 is 0 Å². The molecule has 6 aromatic rings. The predicted octanol–water partition coefficient (Wildman–Crippen LogP) is 10.1. The first kappa shape index (κ1) is 57.6. The predicted molar refractivity (Wildman–Crippen MR) is 286 cm³/mol. The van der Waals surface area contributed by atoms with Crippen LogP contribution in [0.25, 0.3) is 36.5 Å². The zero-order valence-corrected chi connectivity index (χ0v) is 41.0. The SMILES string of the molecule is COc1cc(/C=C/C(=O)CC(=O)/C=C/c2ccc(O)c(OC)c2)ccc1O.COc1cc(/C=C/C(=O)CC(=O)/C=C/c2ccc(O)cc2)ccc1O.O=C(/C=C/c1ccc(O)cc1)CC(=O)/C=C/c1ccc(O)cc1. The largest absolute Gasteiger partial charge is 0.508 e. The summed E-state index contributed by atoms with van der Waals surface area (Å²) in [4.78, 5) is 71.0. The Morgan fingerprint density at radius 1 is 0.307 bits per heavy atom. The Kier molecular flexibility index (Phi) is 23.0. The van der Waals surface area contributed by atoms with Crippen LogP contribution in [0, 0.1) is 0 Å². The molecule has 0 radical (unpaired) electrons. The molecule has 0 heterocycles. The summed E-state index contributed by atoms with van der Waals surface area (Å²) in [5.74, 6) is -0.529. The molecule has 0 aliphatic heterocycles. The van der Waals surface area contributed by atoms with Crippen LogP contribution in [0.1, 0.15) is 52.6 Å². The van der Waals surface area contributed by atoms with Gasteiger partial charge in [-0.15, -0.1) is 0 Å². The lowest BCUT2D eigenvalue weighted by atomic mass is 10.1. The van der Waals surface area contributed by atoms with Gasteiger partial charge in [0.2, 0.25) is 0 Å². The standard InChI is InChI=1S/C21H20O6.C20H18O5.C19H16O4/c1-26-20-11-14(5-9-18(20)24)3-7-16(22)13-17(23)8-4-15-6-10-19(25)21(12-15)27-2;1-25-20-12-15(6-11-19(20)24)5-10-18(23)13-17(22)9-4-14-2-7-16(21)8-3-14;20-16-7-1-14(2-8-16)5-11-18(22)13-19(23)12-6-15-3-9-17(21)10-4-15/h3-12,24-25H,13H2,1-2H3;2-12,21,24H,13H2,1H3;1-12,20-21H,13H2/b7-3+,8-4+;9-4+,10-5+;11-5+,12-6+. The summed E-state index contributed by atoms with van der Waals surface area (Å²) in [6.07, 6.45) is 16.7. The summed E-state index contributed by atoms with van der Waals surface area (Å²) < 4.78 is 15.0. The fourth-order valence-corrected chi connectivity index (χ4v) is 6.15. The summed E-state index contributed by atoms with van der Waals surface area (Å²) in [6.45, 7) is 0. The van der Waals surface area contributed by atoms with Crippen molar-refractivity contribution in [1.29, 1.82) is 0 Å². The molecule has 0 spiro atoms. The molecule has 6 rings (SSSR count). The summed E-state index contributed by atoms with van der Waals surface area (Å²) in [5, 5.41) is 56.1. The number of rotatable bonds is 21. The Bertz CT molecular complexity index is 2980. The van der Waals surface area contributed by atoms with E-state index < -0.39 is 0 Å². The van der Waals surface area contributed by atoms with Crippen LogP contribution in [0.5, 0.6) is 51.7 Å². The third-order valence-corrected chi connectivity index (χ3v) is 10.1. The molecule has 0 atom stereocenters. The third-order valence-electron chi connectivity index (χ3n) is 10.1. The minimum atomic E-state index is -0.347. The van der Waals surface area contributed by atoms with E-state index in [4.69, 9.17) is 24.4 Å². The molecule has 0 aromatic heterocycles. The number of carbonyl (C=O) groups is 6. The molecule has 0 amide bonds. The first-order valence-corrected chi connectivity index (χ1v) is 22.7. The molecular formula is C60H54O15.